The van der Waals surface area contributed by atoms with Crippen LogP contribution in [0.2, 0.25) is 0 Å². The Hall–Kier alpha value is 77.1. The monoisotopic (exact) mass is 9540 g/mol. The summed E-state index contributed by atoms with van der Waals surface area (Å²) in [5.74, 6) is 0. The van der Waals surface area contributed by atoms with Crippen molar-refractivity contribution in [3.05, 3.63) is 0 Å². The van der Waals surface area contributed by atoms with Gasteiger partial charge in [-0.2, -0.15) is 0 Å². The molecule has 0 aliphatic carbocycles. The molecule has 0 amide bonds. The minimum Gasteiger partial charge on any atom is 0 e. The number of hydrogen-bond acceptors (Lipinski definition) is 0. The third-order valence-electron chi connectivity index (χ3n) is 0. The summed E-state index contributed by atoms with van der Waals surface area (Å²) in [4.78, 5) is 0. The smallest absolute Gasteiger partial charge is 0 e. The Bertz CT molecular complexity index is 0. The summed E-state index contributed by atoms with van der Waals surface area (Å²) < 4.78 is 0. The average molecular weight is 9540 g/mol. The molecule has 0 heterocycles. The molecule has 0 bridgehead atoms. The van der Waals surface area contributed by atoms with Crippen LogP contribution in [0.5, 0.6) is 0 Å². The van der Waals surface area contributed by atoms with Crippen LogP contribution in [-0.2, 0) is 0 Å². The van der Waals surface area contributed by atoms with Crippen LogP contribution >= 0.6 is 0 Å². The van der Waals surface area contributed by atoms with Crippen molar-refractivity contribution in [1.82, 2.24) is 0 Å². The molecule has 0 saturated heterocycles. The molecule has 0 spiro atoms. The normalized spacial score (nSPS) is 0. The molecule has 60 heavy (non-hydrogen) atoms. The Morgan fingerprint density at radius 2 is 0.0167 bits per heavy atom. The van der Waals surface area contributed by atoms with E-state index < -0.39 is 0 Å². The first-order valence-electron chi connectivity index (χ1n) is 0. The molecule has 0 aliphatic rings. The molecule has 0 nitrogen and oxygen atoms in total. The molecule has 0 atom stereocenters. The molecular weight excluding hydrogens is 9540 g/mol. The number of hydrogen-bond donors (Lipinski definition) is 0. The van der Waals surface area contributed by atoms with E-state index in [0.29, 0.717) is 0 Å². The van der Waals surface area contributed by atoms with Crippen LogP contribution in [0.4, 0.5) is 0 Å². The fourth-order valence-electron chi connectivity index (χ4n) is 0. The van der Waals surface area contributed by atoms with Gasteiger partial charge in [-0.15, -0.1) is 0 Å². The van der Waals surface area contributed by atoms with Crippen LogP contribution in [0.25, 0.3) is 0 Å². The molecule has 0 aromatic carbocycles. The van der Waals surface area contributed by atoms with E-state index in [2.05, 4.69) is 0 Å². The summed E-state index contributed by atoms with van der Waals surface area (Å²) in [5, 5.41) is 0. The van der Waals surface area contributed by atoms with E-state index in [-0.39, 0.29) is 2320 Å². The quantitative estimate of drug-likeness (QED) is 0.321. The van der Waals surface area contributed by atoms with Crippen LogP contribution in [0, 0.1) is 2320 Å². The SMILES string of the molecule is [Tb].[Tb].[Tb].[Tb].[Tb].[Tb].[Tb].[Tb].[Tb].[Tb].[Tb].[Tb].[Tb].[Tb].[Tb].[Tb].[Tb].[Tb].[Tb].[Tb].[Tb].[Tb].[Tb].[Tb].[Tb].[Tb].[Tb].[Tb].[Tb].[Tb].[Tb].[Tb].[Tb].[Tb].[Tb].[Tb].[Tb].[Tb].[Tb].[Tb].[Tb].[Tb].[Tb].[Tb].[Tb].[Tb].[Tb].[Tb].[Tb].[Tb].[Tb].[Tb].[Tb].[Tb].[Tb].[Tb].[Tb].[Tb].[Tb].[Tb]. The van der Waals surface area contributed by atoms with Crippen molar-refractivity contribution in [1.29, 1.82) is 0 Å². The third kappa shape index (κ3) is 409. The van der Waals surface area contributed by atoms with Crippen LogP contribution in [0.15, 0.2) is 0 Å². The molecule has 0 saturated carbocycles. The first kappa shape index (κ1) is 427. The molecule has 0 aromatic rings. The zero-order valence-corrected chi connectivity index (χ0v) is 148. The fraction of sp³-hybridized carbons (Fsp3) is 0. The van der Waals surface area contributed by atoms with Crippen LogP contribution in [0.1, 0.15) is 0 Å². The van der Waals surface area contributed by atoms with E-state index >= 15 is 0 Å². The molecule has 0 N–H and O–H groups in total. The number of rotatable bonds is 0. The Balaban J connectivity index is 0. The Labute approximate surface area is 2220 Å². The van der Waals surface area contributed by atoms with Crippen molar-refractivity contribution in [3.8, 4) is 0 Å². The molecule has 60 radical (unpaired) electrons. The molecule has 0 aliphatic heterocycles. The summed E-state index contributed by atoms with van der Waals surface area (Å²) in [7, 11) is 0. The molecule has 0 fully saturated rings. The van der Waals surface area contributed by atoms with Gasteiger partial charge < -0.3 is 0 Å². The Kier molecular flexibility index (Phi) is 2970. The molecule has 60 heteroatoms. The van der Waals surface area contributed by atoms with Gasteiger partial charge in [0.1, 0.15) is 0 Å². The van der Waals surface area contributed by atoms with Gasteiger partial charge in [0.05, 0.1) is 0 Å². The van der Waals surface area contributed by atoms with Gasteiger partial charge in [0.15, 0.2) is 0 Å². The van der Waals surface area contributed by atoms with E-state index in [0.717, 1.165) is 0 Å². The van der Waals surface area contributed by atoms with Crippen molar-refractivity contribution in [2.75, 3.05) is 0 Å². The second-order valence-corrected chi connectivity index (χ2v) is 0. The second-order valence-electron chi connectivity index (χ2n) is 0. The molecule has 0 aromatic heterocycles. The van der Waals surface area contributed by atoms with Crippen molar-refractivity contribution < 1.29 is 2320 Å². The van der Waals surface area contributed by atoms with Crippen LogP contribution in [-0.4, -0.2) is 0 Å². The molecule has 0 unspecified atom stereocenters. The summed E-state index contributed by atoms with van der Waals surface area (Å²) in [5.41, 5.74) is 0. The summed E-state index contributed by atoms with van der Waals surface area (Å²) >= 11 is 0. The Morgan fingerprint density at radius 3 is 0.0167 bits per heavy atom. The summed E-state index contributed by atoms with van der Waals surface area (Å²) in [6.45, 7) is 0. The Morgan fingerprint density at radius 1 is 0.0167 bits per heavy atom. The maximum Gasteiger partial charge on any atom is 0 e. The van der Waals surface area contributed by atoms with Gasteiger partial charge in [0.2, 0.25) is 0 Å². The van der Waals surface area contributed by atoms with Crippen LogP contribution in [0.3, 0.4) is 0 Å². The fourth-order valence-corrected chi connectivity index (χ4v) is 0. The van der Waals surface area contributed by atoms with Gasteiger partial charge in [-0.05, 0) is 0 Å². The van der Waals surface area contributed by atoms with E-state index in [4.69, 9.17) is 0 Å². The third-order valence-corrected chi connectivity index (χ3v) is 0. The zero-order valence-electron chi connectivity index (χ0n) is 20.0. The van der Waals surface area contributed by atoms with Crippen molar-refractivity contribution in [3.63, 3.8) is 0 Å². The van der Waals surface area contributed by atoms with E-state index in [1.165, 1.54) is 0 Å². The standard InChI is InChI=1S/60Tb. The van der Waals surface area contributed by atoms with Crippen molar-refractivity contribution in [2.45, 2.75) is 0 Å². The summed E-state index contributed by atoms with van der Waals surface area (Å²) in [6.07, 6.45) is 0. The van der Waals surface area contributed by atoms with Gasteiger partial charge in [0.25, 0.3) is 0 Å². The maximum absolute atomic E-state index is 0. The predicted molar refractivity (Wildman–Crippen MR) is 0 cm³/mol. The van der Waals surface area contributed by atoms with Gasteiger partial charge in [-0.3, -0.25) is 0 Å². The van der Waals surface area contributed by atoms with Gasteiger partial charge >= 0.3 is 0 Å². The van der Waals surface area contributed by atoms with Crippen molar-refractivity contribution in [2.24, 2.45) is 0 Å². The minimum atomic E-state index is 0. The zero-order chi connectivity index (χ0) is 0. The predicted octanol–water partition coefficient (Wildman–Crippen LogP) is 0. The van der Waals surface area contributed by atoms with E-state index in [1.807, 2.05) is 0 Å². The van der Waals surface area contributed by atoms with E-state index in [1.54, 1.807) is 0 Å². The van der Waals surface area contributed by atoms with Gasteiger partial charge in [-0.1, -0.05) is 0 Å². The molecule has 540 valence electrons. The van der Waals surface area contributed by atoms with Crippen LogP contribution < -0.4 is 0 Å². The van der Waals surface area contributed by atoms with Gasteiger partial charge in [0, 0.05) is 2320 Å². The topological polar surface area (TPSA) is 0 Å². The van der Waals surface area contributed by atoms with Gasteiger partial charge in [-0.25, -0.2) is 0 Å². The second kappa shape index (κ2) is 418. The summed E-state index contributed by atoms with van der Waals surface area (Å²) in [6, 6.07) is 0. The minimum absolute atomic E-state index is 0. The van der Waals surface area contributed by atoms with E-state index in [9.17, 15) is 0 Å². The molecule has 0 rings (SSSR count). The molecular formula is Tb60. The maximum atomic E-state index is 0. The first-order chi connectivity index (χ1) is 0. The first-order valence-corrected chi connectivity index (χ1v) is 0. The largest absolute Gasteiger partial charge is 0 e. The van der Waals surface area contributed by atoms with Crippen molar-refractivity contribution >= 4 is 0 Å². The average Bonchev–Trinajstić information content (AvgIpc) is 0.